The number of hydrogen-bond donors (Lipinski definition) is 3. The molecule has 7 heteroatoms. The quantitative estimate of drug-likeness (QED) is 0.783. The van der Waals surface area contributed by atoms with Crippen LogP contribution in [0, 0.1) is 0 Å². The van der Waals surface area contributed by atoms with Gasteiger partial charge >= 0.3 is 0 Å². The Kier molecular flexibility index (Phi) is 4.46. The summed E-state index contributed by atoms with van der Waals surface area (Å²) in [6.45, 7) is -0.973. The van der Waals surface area contributed by atoms with Gasteiger partial charge < -0.3 is 15.4 Å². The average molecular weight is 340 g/mol. The number of rotatable bonds is 4. The molecule has 1 aromatic rings. The lowest BCUT2D eigenvalue weighted by Crippen LogP contribution is -2.55. The highest BCUT2D eigenvalue weighted by atomic mass is 19.3. The van der Waals surface area contributed by atoms with Crippen molar-refractivity contribution in [2.24, 2.45) is 0 Å². The van der Waals surface area contributed by atoms with E-state index in [4.69, 9.17) is 0 Å². The van der Waals surface area contributed by atoms with Gasteiger partial charge in [0.2, 0.25) is 0 Å². The molecule has 0 aliphatic heterocycles. The van der Waals surface area contributed by atoms with Gasteiger partial charge in [-0.25, -0.2) is 8.78 Å². The van der Waals surface area contributed by atoms with Crippen molar-refractivity contribution in [3.63, 3.8) is 0 Å². The first-order valence-corrected chi connectivity index (χ1v) is 8.46. The van der Waals surface area contributed by atoms with Crippen LogP contribution < -0.4 is 10.9 Å². The number of fused-ring (bicyclic) bond motifs is 1. The van der Waals surface area contributed by atoms with Crippen molar-refractivity contribution in [2.45, 2.75) is 62.9 Å². The molecule has 0 saturated heterocycles. The standard InChI is InChI=1S/C17H22F2N2O3/c18-17(19,16(24)7-2-1-3-8-16)10-20-14(22)12-9-11-5-4-6-13(11)21-15(12)23/h9,24H,1-8,10H2,(H,20,22)(H,21,23). The van der Waals surface area contributed by atoms with Crippen LogP contribution in [0.2, 0.25) is 0 Å². The lowest BCUT2D eigenvalue weighted by Gasteiger charge is -2.38. The average Bonchev–Trinajstić information content (AvgIpc) is 2.99. The fourth-order valence-corrected chi connectivity index (χ4v) is 3.64. The van der Waals surface area contributed by atoms with Gasteiger partial charge in [0.25, 0.3) is 17.4 Å². The van der Waals surface area contributed by atoms with E-state index >= 15 is 0 Å². The lowest BCUT2D eigenvalue weighted by molar-refractivity contribution is -0.191. The molecule has 24 heavy (non-hydrogen) atoms. The number of pyridine rings is 1. The highest BCUT2D eigenvalue weighted by molar-refractivity contribution is 5.94. The van der Waals surface area contributed by atoms with E-state index in [2.05, 4.69) is 10.3 Å². The van der Waals surface area contributed by atoms with E-state index in [0.717, 1.165) is 36.9 Å². The highest BCUT2D eigenvalue weighted by Crippen LogP contribution is 2.40. The molecular formula is C17H22F2N2O3. The number of aliphatic hydroxyl groups is 1. The third-order valence-corrected chi connectivity index (χ3v) is 5.17. The Morgan fingerprint density at radius 2 is 1.96 bits per heavy atom. The van der Waals surface area contributed by atoms with Gasteiger partial charge in [0, 0.05) is 5.69 Å². The molecule has 0 bridgehead atoms. The van der Waals surface area contributed by atoms with Crippen LogP contribution >= 0.6 is 0 Å². The molecule has 3 N–H and O–H groups in total. The minimum atomic E-state index is -3.42. The second-order valence-electron chi connectivity index (χ2n) is 6.85. The van der Waals surface area contributed by atoms with Crippen molar-refractivity contribution >= 4 is 5.91 Å². The summed E-state index contributed by atoms with van der Waals surface area (Å²) in [7, 11) is 0. The maximum absolute atomic E-state index is 14.3. The van der Waals surface area contributed by atoms with E-state index in [1.54, 1.807) is 0 Å². The van der Waals surface area contributed by atoms with Crippen LogP contribution in [0.1, 0.15) is 60.1 Å². The number of alkyl halides is 2. The predicted octanol–water partition coefficient (Wildman–Crippen LogP) is 1.92. The third-order valence-electron chi connectivity index (χ3n) is 5.17. The number of nitrogens with one attached hydrogen (secondary N) is 2. The fourth-order valence-electron chi connectivity index (χ4n) is 3.64. The largest absolute Gasteiger partial charge is 0.384 e. The van der Waals surface area contributed by atoms with Gasteiger partial charge in [-0.2, -0.15) is 0 Å². The molecule has 132 valence electrons. The molecular weight excluding hydrogens is 318 g/mol. The second kappa shape index (κ2) is 6.27. The summed E-state index contributed by atoms with van der Waals surface area (Å²) in [6.07, 6.45) is 4.40. The maximum atomic E-state index is 14.3. The van der Waals surface area contributed by atoms with Gasteiger partial charge in [-0.05, 0) is 43.7 Å². The molecule has 1 aromatic heterocycles. The molecule has 0 spiro atoms. The van der Waals surface area contributed by atoms with Gasteiger partial charge in [0.1, 0.15) is 11.2 Å². The molecule has 0 unspecified atom stereocenters. The van der Waals surface area contributed by atoms with Crippen molar-refractivity contribution in [3.05, 3.63) is 33.2 Å². The van der Waals surface area contributed by atoms with E-state index in [-0.39, 0.29) is 18.4 Å². The minimum Gasteiger partial charge on any atom is -0.384 e. The summed E-state index contributed by atoms with van der Waals surface area (Å²) in [5, 5.41) is 12.3. The highest BCUT2D eigenvalue weighted by Gasteiger charge is 2.52. The van der Waals surface area contributed by atoms with Gasteiger partial charge in [0.15, 0.2) is 0 Å². The first kappa shape index (κ1) is 17.1. The Bertz CT molecular complexity index is 694. The number of hydrogen-bond acceptors (Lipinski definition) is 3. The van der Waals surface area contributed by atoms with Crippen LogP contribution in [0.5, 0.6) is 0 Å². The fraction of sp³-hybridized carbons (Fsp3) is 0.647. The van der Waals surface area contributed by atoms with Gasteiger partial charge in [-0.15, -0.1) is 0 Å². The maximum Gasteiger partial charge on any atom is 0.293 e. The van der Waals surface area contributed by atoms with Gasteiger partial charge in [-0.3, -0.25) is 9.59 Å². The van der Waals surface area contributed by atoms with Crippen LogP contribution in [0.3, 0.4) is 0 Å². The van der Waals surface area contributed by atoms with Crippen LogP contribution in [0.25, 0.3) is 0 Å². The number of H-pyrrole nitrogens is 1. The number of amides is 1. The summed E-state index contributed by atoms with van der Waals surface area (Å²) in [4.78, 5) is 26.8. The van der Waals surface area contributed by atoms with Crippen molar-refractivity contribution < 1.29 is 18.7 Å². The SMILES string of the molecule is O=C(NCC(F)(F)C1(O)CCCCC1)c1cc2c([nH]c1=O)CCC2. The first-order chi connectivity index (χ1) is 11.3. The smallest absolute Gasteiger partial charge is 0.293 e. The number of carbonyl (C=O) groups is 1. The Labute approximate surface area is 138 Å². The molecule has 1 amide bonds. The molecule has 1 fully saturated rings. The Morgan fingerprint density at radius 3 is 2.67 bits per heavy atom. The third kappa shape index (κ3) is 3.09. The first-order valence-electron chi connectivity index (χ1n) is 8.46. The van der Waals surface area contributed by atoms with Crippen molar-refractivity contribution in [3.8, 4) is 0 Å². The molecule has 1 saturated carbocycles. The lowest BCUT2D eigenvalue weighted by atomic mass is 9.80. The number of aryl methyl sites for hydroxylation is 2. The molecule has 0 radical (unpaired) electrons. The summed E-state index contributed by atoms with van der Waals surface area (Å²) >= 11 is 0. The van der Waals surface area contributed by atoms with E-state index in [9.17, 15) is 23.5 Å². The number of aromatic amines is 1. The Morgan fingerprint density at radius 1 is 1.25 bits per heavy atom. The van der Waals surface area contributed by atoms with Crippen LogP contribution in [-0.4, -0.2) is 34.1 Å². The van der Waals surface area contributed by atoms with Crippen molar-refractivity contribution in [1.29, 1.82) is 0 Å². The van der Waals surface area contributed by atoms with E-state index in [1.165, 1.54) is 6.07 Å². The predicted molar refractivity (Wildman–Crippen MR) is 84.4 cm³/mol. The van der Waals surface area contributed by atoms with Crippen LogP contribution in [0.4, 0.5) is 8.78 Å². The van der Waals surface area contributed by atoms with E-state index in [0.29, 0.717) is 12.8 Å². The molecule has 0 atom stereocenters. The Balaban J connectivity index is 1.70. The molecule has 2 aliphatic carbocycles. The number of carbonyl (C=O) groups excluding carboxylic acids is 1. The molecule has 1 heterocycles. The number of aromatic nitrogens is 1. The summed E-state index contributed by atoms with van der Waals surface area (Å²) in [5.41, 5.74) is -1.09. The van der Waals surface area contributed by atoms with Crippen molar-refractivity contribution in [1.82, 2.24) is 10.3 Å². The summed E-state index contributed by atoms with van der Waals surface area (Å²) < 4.78 is 28.7. The molecule has 0 aromatic carbocycles. The summed E-state index contributed by atoms with van der Waals surface area (Å²) in [6, 6.07) is 1.49. The molecule has 2 aliphatic rings. The number of halogens is 2. The molecule has 5 nitrogen and oxygen atoms in total. The van der Waals surface area contributed by atoms with Gasteiger partial charge in [-0.1, -0.05) is 19.3 Å². The molecule has 3 rings (SSSR count). The van der Waals surface area contributed by atoms with Crippen molar-refractivity contribution in [2.75, 3.05) is 6.54 Å². The van der Waals surface area contributed by atoms with Crippen LogP contribution in [0.15, 0.2) is 10.9 Å². The minimum absolute atomic E-state index is 0.0231. The Hall–Kier alpha value is -1.76. The zero-order valence-electron chi connectivity index (χ0n) is 13.5. The zero-order valence-corrected chi connectivity index (χ0v) is 13.5. The zero-order chi connectivity index (χ0) is 17.4. The summed E-state index contributed by atoms with van der Waals surface area (Å²) in [5.74, 6) is -4.25. The van der Waals surface area contributed by atoms with E-state index in [1.807, 2.05) is 0 Å². The second-order valence-corrected chi connectivity index (χ2v) is 6.85. The van der Waals surface area contributed by atoms with E-state index < -0.39 is 29.5 Å². The topological polar surface area (TPSA) is 82.2 Å². The van der Waals surface area contributed by atoms with Gasteiger partial charge in [0.05, 0.1) is 6.54 Å². The monoisotopic (exact) mass is 340 g/mol. The normalized spacial score (nSPS) is 19.8. The van der Waals surface area contributed by atoms with Crippen LogP contribution in [-0.2, 0) is 12.8 Å².